The molecule has 0 aliphatic carbocycles. The number of hydrogen-bond acceptors (Lipinski definition) is 4. The van der Waals surface area contributed by atoms with Crippen molar-refractivity contribution in [2.24, 2.45) is 0 Å². The van der Waals surface area contributed by atoms with E-state index in [0.717, 1.165) is 5.56 Å². The van der Waals surface area contributed by atoms with Crippen molar-refractivity contribution in [1.82, 2.24) is 0 Å². The zero-order valence-electron chi connectivity index (χ0n) is 12.6. The highest BCUT2D eigenvalue weighted by Gasteiger charge is 2.28. The van der Waals surface area contributed by atoms with Gasteiger partial charge in [-0.3, -0.25) is 4.79 Å². The Bertz CT molecular complexity index is 622. The van der Waals surface area contributed by atoms with Crippen molar-refractivity contribution < 1.29 is 19.1 Å². The molecule has 2 rings (SSSR count). The minimum Gasteiger partial charge on any atom is -0.466 e. The third-order valence-corrected chi connectivity index (χ3v) is 3.40. The minimum atomic E-state index is -1.05. The molecule has 0 aliphatic heterocycles. The van der Waals surface area contributed by atoms with E-state index in [2.05, 4.69) is 0 Å². The smallest absolute Gasteiger partial charge is 0.351 e. The maximum Gasteiger partial charge on any atom is 0.351 e. The van der Waals surface area contributed by atoms with Gasteiger partial charge in [-0.05, 0) is 12.5 Å². The fraction of sp³-hybridized carbons (Fsp3) is 0.222. The highest BCUT2D eigenvalue weighted by Crippen LogP contribution is 2.24. The Hall–Kier alpha value is -2.62. The third kappa shape index (κ3) is 3.73. The quantitative estimate of drug-likeness (QED) is 0.795. The van der Waals surface area contributed by atoms with Gasteiger partial charge < -0.3 is 9.47 Å². The molecule has 0 radical (unpaired) electrons. The van der Waals surface area contributed by atoms with E-state index in [1.165, 1.54) is 7.11 Å². The Morgan fingerprint density at radius 1 is 0.818 bits per heavy atom. The summed E-state index contributed by atoms with van der Waals surface area (Å²) in [7, 11) is 1.27. The standard InChI is InChI=1S/C18H18O4/c1-13(14-9-5-3-6-10-14)17(19)22-16(18(20)21-2)15-11-7-4-8-12-15/h3-13,16H,1-2H3. The molecular formula is C18H18O4. The molecule has 4 nitrogen and oxygen atoms in total. The fourth-order valence-corrected chi connectivity index (χ4v) is 2.08. The van der Waals surface area contributed by atoms with Crippen LogP contribution in [0.15, 0.2) is 60.7 Å². The first-order chi connectivity index (χ1) is 10.6. The molecule has 0 N–H and O–H groups in total. The Kier molecular flexibility index (Phi) is 5.31. The first kappa shape index (κ1) is 15.8. The number of esters is 2. The lowest BCUT2D eigenvalue weighted by Crippen LogP contribution is -2.23. The molecule has 0 amide bonds. The zero-order chi connectivity index (χ0) is 15.9. The van der Waals surface area contributed by atoms with Gasteiger partial charge in [0.1, 0.15) is 0 Å². The summed E-state index contributed by atoms with van der Waals surface area (Å²) in [6.07, 6.45) is -1.05. The van der Waals surface area contributed by atoms with Crippen LogP contribution in [0.2, 0.25) is 0 Å². The molecule has 0 heterocycles. The van der Waals surface area contributed by atoms with Gasteiger partial charge in [-0.2, -0.15) is 0 Å². The van der Waals surface area contributed by atoms with Crippen LogP contribution >= 0.6 is 0 Å². The predicted octanol–water partition coefficient (Wildman–Crippen LogP) is 3.25. The average Bonchev–Trinajstić information content (AvgIpc) is 2.59. The number of ether oxygens (including phenoxy) is 2. The van der Waals surface area contributed by atoms with Gasteiger partial charge in [-0.1, -0.05) is 60.7 Å². The van der Waals surface area contributed by atoms with E-state index in [-0.39, 0.29) is 0 Å². The molecule has 114 valence electrons. The lowest BCUT2D eigenvalue weighted by Gasteiger charge is -2.19. The van der Waals surface area contributed by atoms with Gasteiger partial charge in [0.15, 0.2) is 0 Å². The van der Waals surface area contributed by atoms with E-state index < -0.39 is 24.0 Å². The third-order valence-electron chi connectivity index (χ3n) is 3.40. The molecule has 0 saturated carbocycles. The topological polar surface area (TPSA) is 52.6 Å². The second-order valence-electron chi connectivity index (χ2n) is 4.88. The van der Waals surface area contributed by atoms with Crippen molar-refractivity contribution in [3.63, 3.8) is 0 Å². The summed E-state index contributed by atoms with van der Waals surface area (Å²) < 4.78 is 10.1. The summed E-state index contributed by atoms with van der Waals surface area (Å²) >= 11 is 0. The molecule has 2 aromatic rings. The van der Waals surface area contributed by atoms with Gasteiger partial charge in [0.2, 0.25) is 6.10 Å². The van der Waals surface area contributed by atoms with Gasteiger partial charge in [0, 0.05) is 5.56 Å². The molecule has 0 spiro atoms. The molecule has 0 saturated heterocycles. The number of methoxy groups -OCH3 is 1. The van der Waals surface area contributed by atoms with Gasteiger partial charge in [-0.15, -0.1) is 0 Å². The number of benzene rings is 2. The highest BCUT2D eigenvalue weighted by atomic mass is 16.6. The van der Waals surface area contributed by atoms with Crippen molar-refractivity contribution in [2.45, 2.75) is 18.9 Å². The van der Waals surface area contributed by atoms with Gasteiger partial charge in [-0.25, -0.2) is 4.79 Å². The van der Waals surface area contributed by atoms with E-state index in [1.807, 2.05) is 36.4 Å². The number of rotatable bonds is 5. The molecule has 2 atom stereocenters. The van der Waals surface area contributed by atoms with E-state index in [1.54, 1.807) is 31.2 Å². The van der Waals surface area contributed by atoms with Crippen molar-refractivity contribution >= 4 is 11.9 Å². The summed E-state index contributed by atoms with van der Waals surface area (Å²) in [4.78, 5) is 24.2. The monoisotopic (exact) mass is 298 g/mol. The molecule has 22 heavy (non-hydrogen) atoms. The van der Waals surface area contributed by atoms with Crippen LogP contribution in [0.3, 0.4) is 0 Å². The molecular weight excluding hydrogens is 280 g/mol. The van der Waals surface area contributed by atoms with E-state index >= 15 is 0 Å². The van der Waals surface area contributed by atoms with Crippen LogP contribution in [0.4, 0.5) is 0 Å². The van der Waals surface area contributed by atoms with Crippen molar-refractivity contribution in [1.29, 1.82) is 0 Å². The summed E-state index contributed by atoms with van der Waals surface area (Å²) in [5, 5.41) is 0. The van der Waals surface area contributed by atoms with Crippen molar-refractivity contribution in [3.05, 3.63) is 71.8 Å². The average molecular weight is 298 g/mol. The molecule has 4 heteroatoms. The van der Waals surface area contributed by atoms with Crippen LogP contribution in [0.25, 0.3) is 0 Å². The SMILES string of the molecule is COC(=O)C(OC(=O)C(C)c1ccccc1)c1ccccc1. The number of hydrogen-bond donors (Lipinski definition) is 0. The molecule has 2 aromatic carbocycles. The lowest BCUT2D eigenvalue weighted by molar-refractivity contribution is -0.167. The van der Waals surface area contributed by atoms with E-state index in [0.29, 0.717) is 5.56 Å². The molecule has 2 unspecified atom stereocenters. The highest BCUT2D eigenvalue weighted by molar-refractivity contribution is 5.83. The first-order valence-electron chi connectivity index (χ1n) is 7.01. The maximum atomic E-state index is 12.3. The van der Waals surface area contributed by atoms with Crippen LogP contribution < -0.4 is 0 Å². The molecule has 0 aromatic heterocycles. The van der Waals surface area contributed by atoms with Gasteiger partial charge in [0.05, 0.1) is 13.0 Å². The van der Waals surface area contributed by atoms with Crippen LogP contribution in [0.1, 0.15) is 30.1 Å². The Balaban J connectivity index is 2.17. The summed E-state index contributed by atoms with van der Waals surface area (Å²) in [5.41, 5.74) is 1.42. The Labute approximate surface area is 129 Å². The van der Waals surface area contributed by atoms with E-state index in [9.17, 15) is 9.59 Å². The summed E-state index contributed by atoms with van der Waals surface area (Å²) in [6.45, 7) is 1.75. The molecule has 0 fully saturated rings. The van der Waals surface area contributed by atoms with Crippen molar-refractivity contribution in [3.8, 4) is 0 Å². The first-order valence-corrected chi connectivity index (χ1v) is 7.01. The fourth-order valence-electron chi connectivity index (χ4n) is 2.08. The normalized spacial score (nSPS) is 13.0. The van der Waals surface area contributed by atoms with Gasteiger partial charge in [0.25, 0.3) is 0 Å². The maximum absolute atomic E-state index is 12.3. The summed E-state index contributed by atoms with van der Waals surface area (Å²) in [6, 6.07) is 18.1. The second kappa shape index (κ2) is 7.41. The van der Waals surface area contributed by atoms with Crippen LogP contribution in [-0.2, 0) is 19.1 Å². The number of carbonyl (C=O) groups is 2. The molecule has 0 aliphatic rings. The van der Waals surface area contributed by atoms with Crippen LogP contribution in [0, 0.1) is 0 Å². The van der Waals surface area contributed by atoms with Crippen LogP contribution in [-0.4, -0.2) is 19.0 Å². The van der Waals surface area contributed by atoms with Crippen molar-refractivity contribution in [2.75, 3.05) is 7.11 Å². The van der Waals surface area contributed by atoms with E-state index in [4.69, 9.17) is 9.47 Å². The Morgan fingerprint density at radius 3 is 1.82 bits per heavy atom. The Morgan fingerprint density at radius 2 is 1.32 bits per heavy atom. The second-order valence-corrected chi connectivity index (χ2v) is 4.88. The lowest BCUT2D eigenvalue weighted by atomic mass is 10.0. The minimum absolute atomic E-state index is 0.461. The number of carbonyl (C=O) groups excluding carboxylic acids is 2. The van der Waals surface area contributed by atoms with Crippen LogP contribution in [0.5, 0.6) is 0 Å². The zero-order valence-corrected chi connectivity index (χ0v) is 12.6. The largest absolute Gasteiger partial charge is 0.466 e. The molecule has 0 bridgehead atoms. The summed E-state index contributed by atoms with van der Waals surface area (Å²) in [5.74, 6) is -1.53. The predicted molar refractivity (Wildman–Crippen MR) is 82.1 cm³/mol. The van der Waals surface area contributed by atoms with Gasteiger partial charge >= 0.3 is 11.9 Å².